The Hall–Kier alpha value is -2.14. The van der Waals surface area contributed by atoms with Gasteiger partial charge < -0.3 is 9.64 Å². The summed E-state index contributed by atoms with van der Waals surface area (Å²) in [6.45, 7) is 4.56. The van der Waals surface area contributed by atoms with E-state index in [0.29, 0.717) is 18.6 Å². The summed E-state index contributed by atoms with van der Waals surface area (Å²) in [7, 11) is 1.88. The lowest BCUT2D eigenvalue weighted by molar-refractivity contribution is -0.126. The Balaban J connectivity index is 1.57. The number of amides is 1. The number of carbonyl (C=O) groups is 1. The number of thiazole rings is 1. The molecule has 5 heteroatoms. The average Bonchev–Trinajstić information content (AvgIpc) is 3.39. The van der Waals surface area contributed by atoms with Crippen LogP contribution >= 0.6 is 11.3 Å². The molecule has 2 aromatic rings. The molecule has 1 saturated carbocycles. The lowest BCUT2D eigenvalue weighted by Gasteiger charge is -2.23. The highest BCUT2D eigenvalue weighted by Gasteiger charge is 2.31. The zero-order valence-corrected chi connectivity index (χ0v) is 15.8. The SMILES string of the molecule is Cc1nc(COc2cccc(/C=C/C(=O)N(C)C(C)C3CC3)c2)cs1. The van der Waals surface area contributed by atoms with Crippen molar-refractivity contribution >= 4 is 23.3 Å². The van der Waals surface area contributed by atoms with Crippen LogP contribution < -0.4 is 4.74 Å². The fourth-order valence-corrected chi connectivity index (χ4v) is 3.32. The lowest BCUT2D eigenvalue weighted by Crippen LogP contribution is -2.35. The van der Waals surface area contributed by atoms with E-state index in [4.69, 9.17) is 4.74 Å². The molecule has 1 unspecified atom stereocenters. The highest BCUT2D eigenvalue weighted by atomic mass is 32.1. The molecule has 1 aromatic heterocycles. The maximum atomic E-state index is 12.3. The van der Waals surface area contributed by atoms with Crippen molar-refractivity contribution in [3.63, 3.8) is 0 Å². The second-order valence-corrected chi connectivity index (χ2v) is 7.64. The van der Waals surface area contributed by atoms with Crippen molar-refractivity contribution in [2.24, 2.45) is 5.92 Å². The fourth-order valence-electron chi connectivity index (χ4n) is 2.72. The molecule has 4 nitrogen and oxygen atoms in total. The van der Waals surface area contributed by atoms with Crippen LogP contribution in [0.2, 0.25) is 0 Å². The Labute approximate surface area is 153 Å². The Kier molecular flexibility index (Phi) is 5.53. The number of carbonyl (C=O) groups excluding carboxylic acids is 1. The highest BCUT2D eigenvalue weighted by Crippen LogP contribution is 2.34. The molecule has 1 atom stereocenters. The minimum Gasteiger partial charge on any atom is -0.487 e. The summed E-state index contributed by atoms with van der Waals surface area (Å²) < 4.78 is 5.79. The Morgan fingerprint density at radius 2 is 2.28 bits per heavy atom. The van der Waals surface area contributed by atoms with Crippen molar-refractivity contribution in [2.75, 3.05) is 7.05 Å². The van der Waals surface area contributed by atoms with E-state index in [9.17, 15) is 4.79 Å². The number of rotatable bonds is 7. The van der Waals surface area contributed by atoms with Crippen LogP contribution in [0, 0.1) is 12.8 Å². The Morgan fingerprint density at radius 3 is 2.96 bits per heavy atom. The van der Waals surface area contributed by atoms with E-state index in [0.717, 1.165) is 22.0 Å². The van der Waals surface area contributed by atoms with E-state index in [1.807, 2.05) is 54.6 Å². The van der Waals surface area contributed by atoms with Crippen LogP contribution in [-0.4, -0.2) is 28.9 Å². The second-order valence-electron chi connectivity index (χ2n) is 6.58. The predicted octanol–water partition coefficient (Wildman–Crippen LogP) is 4.30. The van der Waals surface area contributed by atoms with Gasteiger partial charge in [0.25, 0.3) is 0 Å². The van der Waals surface area contributed by atoms with Crippen LogP contribution in [0.4, 0.5) is 0 Å². The van der Waals surface area contributed by atoms with Crippen LogP contribution in [0.15, 0.2) is 35.7 Å². The van der Waals surface area contributed by atoms with E-state index in [1.165, 1.54) is 12.8 Å². The first-order valence-corrected chi connectivity index (χ1v) is 9.49. The summed E-state index contributed by atoms with van der Waals surface area (Å²) in [5.41, 5.74) is 1.89. The predicted molar refractivity (Wildman–Crippen MR) is 102 cm³/mol. The molecule has 0 bridgehead atoms. The monoisotopic (exact) mass is 356 g/mol. The number of benzene rings is 1. The first-order chi connectivity index (χ1) is 12.0. The third-order valence-corrected chi connectivity index (χ3v) is 5.41. The Morgan fingerprint density at radius 1 is 1.48 bits per heavy atom. The van der Waals surface area contributed by atoms with Crippen LogP contribution in [-0.2, 0) is 11.4 Å². The van der Waals surface area contributed by atoms with Crippen molar-refractivity contribution in [1.29, 1.82) is 0 Å². The van der Waals surface area contributed by atoms with Gasteiger partial charge in [-0.25, -0.2) is 4.98 Å². The van der Waals surface area contributed by atoms with E-state index in [-0.39, 0.29) is 5.91 Å². The van der Waals surface area contributed by atoms with Crippen LogP contribution in [0.5, 0.6) is 5.75 Å². The van der Waals surface area contributed by atoms with Crippen LogP contribution in [0.1, 0.15) is 36.0 Å². The standard InChI is InChI=1S/C20H24N2O2S/c1-14(17-8-9-17)22(3)20(23)10-7-16-5-4-6-19(11-16)24-12-18-13-25-15(2)21-18/h4-7,10-11,13-14,17H,8-9,12H2,1-3H3/b10-7+. The third-order valence-electron chi connectivity index (χ3n) is 4.59. The van der Waals surface area contributed by atoms with E-state index in [2.05, 4.69) is 11.9 Å². The van der Waals surface area contributed by atoms with Crippen molar-refractivity contribution in [2.45, 2.75) is 39.3 Å². The van der Waals surface area contributed by atoms with Gasteiger partial charge in [-0.2, -0.15) is 0 Å². The molecule has 0 spiro atoms. The Bertz CT molecular complexity index is 765. The molecule has 3 rings (SSSR count). The summed E-state index contributed by atoms with van der Waals surface area (Å²) in [4.78, 5) is 18.5. The molecular weight excluding hydrogens is 332 g/mol. The lowest BCUT2D eigenvalue weighted by atomic mass is 10.1. The first kappa shape index (κ1) is 17.7. The summed E-state index contributed by atoms with van der Waals surface area (Å²) >= 11 is 1.62. The number of aryl methyl sites for hydroxylation is 1. The zero-order valence-electron chi connectivity index (χ0n) is 14.9. The van der Waals surface area contributed by atoms with E-state index in [1.54, 1.807) is 17.4 Å². The van der Waals surface area contributed by atoms with Gasteiger partial charge in [0, 0.05) is 24.5 Å². The number of likely N-dealkylation sites (N-methyl/N-ethyl adjacent to an activating group) is 1. The van der Waals surface area contributed by atoms with E-state index < -0.39 is 0 Å². The van der Waals surface area contributed by atoms with Crippen molar-refractivity contribution in [1.82, 2.24) is 9.88 Å². The van der Waals surface area contributed by atoms with Gasteiger partial charge in [0.15, 0.2) is 0 Å². The molecule has 1 aliphatic carbocycles. The van der Waals surface area contributed by atoms with Crippen molar-refractivity contribution in [3.8, 4) is 5.75 Å². The molecule has 1 fully saturated rings. The summed E-state index contributed by atoms with van der Waals surface area (Å²) in [5.74, 6) is 1.50. The van der Waals surface area contributed by atoms with Crippen molar-refractivity contribution < 1.29 is 9.53 Å². The quantitative estimate of drug-likeness (QED) is 0.695. The van der Waals surface area contributed by atoms with Gasteiger partial charge in [-0.1, -0.05) is 12.1 Å². The molecule has 0 saturated heterocycles. The highest BCUT2D eigenvalue weighted by molar-refractivity contribution is 7.09. The van der Waals surface area contributed by atoms with Gasteiger partial charge in [0.2, 0.25) is 5.91 Å². The van der Waals surface area contributed by atoms with Gasteiger partial charge in [0.05, 0.1) is 10.7 Å². The third kappa shape index (κ3) is 4.92. The van der Waals surface area contributed by atoms with Crippen LogP contribution in [0.25, 0.3) is 6.08 Å². The summed E-state index contributed by atoms with van der Waals surface area (Å²) in [5, 5.41) is 3.05. The number of ether oxygens (including phenoxy) is 1. The largest absolute Gasteiger partial charge is 0.487 e. The zero-order chi connectivity index (χ0) is 17.8. The normalized spacial score (nSPS) is 15.3. The van der Waals surface area contributed by atoms with Crippen LogP contribution in [0.3, 0.4) is 0 Å². The van der Waals surface area contributed by atoms with Gasteiger partial charge in [-0.15, -0.1) is 11.3 Å². The summed E-state index contributed by atoms with van der Waals surface area (Å²) in [6, 6.07) is 8.07. The van der Waals surface area contributed by atoms with E-state index >= 15 is 0 Å². The summed E-state index contributed by atoms with van der Waals surface area (Å²) in [6.07, 6.45) is 5.96. The molecular formula is C20H24N2O2S. The minimum absolute atomic E-state index is 0.0451. The molecule has 25 heavy (non-hydrogen) atoms. The van der Waals surface area contributed by atoms with Gasteiger partial charge in [-0.05, 0) is 56.4 Å². The molecule has 1 amide bonds. The van der Waals surface area contributed by atoms with Crippen molar-refractivity contribution in [3.05, 3.63) is 52.0 Å². The molecule has 0 N–H and O–H groups in total. The second kappa shape index (κ2) is 7.83. The molecule has 0 radical (unpaired) electrons. The van der Waals surface area contributed by atoms with Gasteiger partial charge >= 0.3 is 0 Å². The molecule has 1 heterocycles. The number of aromatic nitrogens is 1. The maximum Gasteiger partial charge on any atom is 0.246 e. The number of hydrogen-bond donors (Lipinski definition) is 0. The molecule has 1 aromatic carbocycles. The smallest absolute Gasteiger partial charge is 0.246 e. The minimum atomic E-state index is 0.0451. The molecule has 0 aliphatic heterocycles. The average molecular weight is 356 g/mol. The fraction of sp³-hybridized carbons (Fsp3) is 0.400. The number of hydrogen-bond acceptors (Lipinski definition) is 4. The first-order valence-electron chi connectivity index (χ1n) is 8.61. The maximum absolute atomic E-state index is 12.3. The number of nitrogens with zero attached hydrogens (tertiary/aromatic N) is 2. The molecule has 1 aliphatic rings. The van der Waals surface area contributed by atoms with Gasteiger partial charge in [0.1, 0.15) is 12.4 Å². The van der Waals surface area contributed by atoms with Gasteiger partial charge in [-0.3, -0.25) is 4.79 Å². The topological polar surface area (TPSA) is 42.4 Å². The molecule has 132 valence electrons.